The Morgan fingerprint density at radius 2 is 2.06 bits per heavy atom. The predicted octanol–water partition coefficient (Wildman–Crippen LogP) is 2.55. The lowest BCUT2D eigenvalue weighted by atomic mass is 10.0. The van der Waals surface area contributed by atoms with Crippen LogP contribution in [0.1, 0.15) is 25.8 Å². The van der Waals surface area contributed by atoms with Crippen molar-refractivity contribution >= 4 is 0 Å². The van der Waals surface area contributed by atoms with E-state index in [2.05, 4.69) is 54.4 Å². The van der Waals surface area contributed by atoms with Gasteiger partial charge in [-0.3, -0.25) is 0 Å². The molecule has 1 aromatic rings. The second-order valence-electron chi connectivity index (χ2n) is 5.82. The van der Waals surface area contributed by atoms with E-state index in [1.165, 1.54) is 38.0 Å². The number of hydrogen-bond donors (Lipinski definition) is 1. The summed E-state index contributed by atoms with van der Waals surface area (Å²) in [5, 5.41) is 3.64. The van der Waals surface area contributed by atoms with Gasteiger partial charge in [0.05, 0.1) is 0 Å². The Bertz CT molecular complexity index is 334. The average molecular weight is 246 g/mol. The van der Waals surface area contributed by atoms with Gasteiger partial charge in [0.2, 0.25) is 0 Å². The highest BCUT2D eigenvalue weighted by Gasteiger charge is 2.19. The number of nitrogens with one attached hydrogen (secondary N) is 1. The fraction of sp³-hybridized carbons (Fsp3) is 0.625. The highest BCUT2D eigenvalue weighted by Crippen LogP contribution is 2.10. The summed E-state index contributed by atoms with van der Waals surface area (Å²) in [4.78, 5) is 2.61. The van der Waals surface area contributed by atoms with Gasteiger partial charge in [-0.05, 0) is 24.3 Å². The SMILES string of the molecule is CC(C)CC1CN(CCc2ccccc2)CCN1. The smallest absolute Gasteiger partial charge is 0.0198 e. The molecule has 1 unspecified atom stereocenters. The van der Waals surface area contributed by atoms with E-state index in [9.17, 15) is 0 Å². The first-order valence-corrected chi connectivity index (χ1v) is 7.23. The number of benzene rings is 1. The van der Waals surface area contributed by atoms with E-state index in [0.29, 0.717) is 6.04 Å². The zero-order valence-electron chi connectivity index (χ0n) is 11.7. The molecule has 1 aliphatic heterocycles. The molecule has 1 aromatic carbocycles. The van der Waals surface area contributed by atoms with Gasteiger partial charge in [-0.2, -0.15) is 0 Å². The van der Waals surface area contributed by atoms with E-state index in [4.69, 9.17) is 0 Å². The van der Waals surface area contributed by atoms with Gasteiger partial charge in [0, 0.05) is 32.2 Å². The van der Waals surface area contributed by atoms with Crippen molar-refractivity contribution in [3.05, 3.63) is 35.9 Å². The Balaban J connectivity index is 1.76. The Kier molecular flexibility index (Phi) is 5.21. The highest BCUT2D eigenvalue weighted by atomic mass is 15.2. The third kappa shape index (κ3) is 4.43. The van der Waals surface area contributed by atoms with Gasteiger partial charge < -0.3 is 10.2 Å². The lowest BCUT2D eigenvalue weighted by molar-refractivity contribution is 0.188. The molecule has 0 amide bonds. The van der Waals surface area contributed by atoms with E-state index in [1.54, 1.807) is 0 Å². The van der Waals surface area contributed by atoms with Crippen molar-refractivity contribution in [3.8, 4) is 0 Å². The van der Waals surface area contributed by atoms with Crippen molar-refractivity contribution in [2.75, 3.05) is 26.2 Å². The molecule has 1 heterocycles. The van der Waals surface area contributed by atoms with Crippen LogP contribution in [0.2, 0.25) is 0 Å². The lowest BCUT2D eigenvalue weighted by Crippen LogP contribution is -2.51. The first-order valence-electron chi connectivity index (χ1n) is 7.23. The number of piperazine rings is 1. The molecule has 1 saturated heterocycles. The predicted molar refractivity (Wildman–Crippen MR) is 77.8 cm³/mol. The summed E-state index contributed by atoms with van der Waals surface area (Å²) in [6.07, 6.45) is 2.47. The summed E-state index contributed by atoms with van der Waals surface area (Å²) in [5.74, 6) is 0.788. The Morgan fingerprint density at radius 3 is 2.78 bits per heavy atom. The molecule has 1 N–H and O–H groups in total. The Hall–Kier alpha value is -0.860. The molecule has 1 fully saturated rings. The van der Waals surface area contributed by atoms with Crippen LogP contribution in [0.3, 0.4) is 0 Å². The largest absolute Gasteiger partial charge is 0.311 e. The highest BCUT2D eigenvalue weighted by molar-refractivity contribution is 5.14. The molecule has 0 bridgehead atoms. The first-order chi connectivity index (χ1) is 8.74. The van der Waals surface area contributed by atoms with Gasteiger partial charge in [-0.15, -0.1) is 0 Å². The maximum absolute atomic E-state index is 3.64. The van der Waals surface area contributed by atoms with Crippen molar-refractivity contribution in [2.24, 2.45) is 5.92 Å². The van der Waals surface area contributed by atoms with Crippen molar-refractivity contribution in [1.82, 2.24) is 10.2 Å². The van der Waals surface area contributed by atoms with Crippen LogP contribution in [0.15, 0.2) is 30.3 Å². The fourth-order valence-electron chi connectivity index (χ4n) is 2.76. The van der Waals surface area contributed by atoms with E-state index in [1.807, 2.05) is 0 Å². The van der Waals surface area contributed by atoms with Crippen LogP contribution in [-0.2, 0) is 6.42 Å². The summed E-state index contributed by atoms with van der Waals surface area (Å²) >= 11 is 0. The molecule has 2 nitrogen and oxygen atoms in total. The molecule has 1 atom stereocenters. The van der Waals surface area contributed by atoms with Crippen LogP contribution < -0.4 is 5.32 Å². The molecule has 18 heavy (non-hydrogen) atoms. The van der Waals surface area contributed by atoms with E-state index < -0.39 is 0 Å². The van der Waals surface area contributed by atoms with Crippen molar-refractivity contribution < 1.29 is 0 Å². The van der Waals surface area contributed by atoms with Crippen molar-refractivity contribution in [1.29, 1.82) is 0 Å². The van der Waals surface area contributed by atoms with Gasteiger partial charge >= 0.3 is 0 Å². The minimum absolute atomic E-state index is 0.689. The summed E-state index contributed by atoms with van der Waals surface area (Å²) in [6, 6.07) is 11.5. The maximum atomic E-state index is 3.64. The van der Waals surface area contributed by atoms with Gasteiger partial charge in [-0.25, -0.2) is 0 Å². The minimum atomic E-state index is 0.689. The topological polar surface area (TPSA) is 15.3 Å². The van der Waals surface area contributed by atoms with Gasteiger partial charge in [0.1, 0.15) is 0 Å². The number of rotatable bonds is 5. The Morgan fingerprint density at radius 1 is 1.28 bits per heavy atom. The van der Waals surface area contributed by atoms with Crippen LogP contribution in [0.5, 0.6) is 0 Å². The maximum Gasteiger partial charge on any atom is 0.0198 e. The standard InChI is InChI=1S/C16H26N2/c1-14(2)12-16-13-18(11-9-17-16)10-8-15-6-4-3-5-7-15/h3-7,14,16-17H,8-13H2,1-2H3. The monoisotopic (exact) mass is 246 g/mol. The zero-order chi connectivity index (χ0) is 12.8. The van der Waals surface area contributed by atoms with Crippen LogP contribution in [-0.4, -0.2) is 37.1 Å². The van der Waals surface area contributed by atoms with Crippen LogP contribution in [0.25, 0.3) is 0 Å². The average Bonchev–Trinajstić information content (AvgIpc) is 2.37. The fourth-order valence-corrected chi connectivity index (χ4v) is 2.76. The second-order valence-corrected chi connectivity index (χ2v) is 5.82. The summed E-state index contributed by atoms with van der Waals surface area (Å²) in [7, 11) is 0. The molecule has 100 valence electrons. The third-order valence-electron chi connectivity index (χ3n) is 3.66. The Labute approximate surface area is 111 Å². The molecule has 0 radical (unpaired) electrons. The van der Waals surface area contributed by atoms with Crippen LogP contribution in [0.4, 0.5) is 0 Å². The summed E-state index contributed by atoms with van der Waals surface area (Å²) in [5.41, 5.74) is 1.46. The second kappa shape index (κ2) is 6.91. The quantitative estimate of drug-likeness (QED) is 0.859. The third-order valence-corrected chi connectivity index (χ3v) is 3.66. The molecular weight excluding hydrogens is 220 g/mol. The number of nitrogens with zero attached hydrogens (tertiary/aromatic N) is 1. The summed E-state index contributed by atoms with van der Waals surface area (Å²) in [6.45, 7) is 9.37. The molecule has 2 heteroatoms. The molecule has 2 rings (SSSR count). The normalized spacial score (nSPS) is 21.4. The lowest BCUT2D eigenvalue weighted by Gasteiger charge is -2.34. The van der Waals surface area contributed by atoms with Crippen LogP contribution >= 0.6 is 0 Å². The summed E-state index contributed by atoms with van der Waals surface area (Å²) < 4.78 is 0. The minimum Gasteiger partial charge on any atom is -0.311 e. The zero-order valence-corrected chi connectivity index (χ0v) is 11.7. The molecule has 0 saturated carbocycles. The van der Waals surface area contributed by atoms with Gasteiger partial charge in [0.25, 0.3) is 0 Å². The van der Waals surface area contributed by atoms with Crippen molar-refractivity contribution in [2.45, 2.75) is 32.7 Å². The van der Waals surface area contributed by atoms with E-state index >= 15 is 0 Å². The van der Waals surface area contributed by atoms with Crippen molar-refractivity contribution in [3.63, 3.8) is 0 Å². The van der Waals surface area contributed by atoms with Crippen LogP contribution in [0, 0.1) is 5.92 Å². The molecular formula is C16H26N2. The van der Waals surface area contributed by atoms with Gasteiger partial charge in [0.15, 0.2) is 0 Å². The molecule has 1 aliphatic rings. The molecule has 0 aromatic heterocycles. The molecule has 0 aliphatic carbocycles. The van der Waals surface area contributed by atoms with E-state index in [0.717, 1.165) is 12.5 Å². The number of hydrogen-bond acceptors (Lipinski definition) is 2. The van der Waals surface area contributed by atoms with E-state index in [-0.39, 0.29) is 0 Å². The molecule has 0 spiro atoms. The first kappa shape index (κ1) is 13.6. The van der Waals surface area contributed by atoms with Gasteiger partial charge in [-0.1, -0.05) is 44.2 Å².